The fourth-order valence-corrected chi connectivity index (χ4v) is 3.98. The maximum absolute atomic E-state index is 13.4. The molecule has 1 amide bonds. The van der Waals surface area contributed by atoms with E-state index in [4.69, 9.17) is 11.6 Å². The Morgan fingerprint density at radius 3 is 2.15 bits per heavy atom. The molecule has 0 heterocycles. The van der Waals surface area contributed by atoms with Gasteiger partial charge in [-0.25, -0.2) is 0 Å². The average Bonchev–Trinajstić information content (AvgIpc) is 2.77. The van der Waals surface area contributed by atoms with Crippen molar-refractivity contribution in [3.05, 3.63) is 105 Å². The van der Waals surface area contributed by atoms with Crippen LogP contribution in [0.25, 0.3) is 0 Å². The highest BCUT2D eigenvalue weighted by atomic mass is 35.5. The predicted octanol–water partition coefficient (Wildman–Crippen LogP) is 5.06. The van der Waals surface area contributed by atoms with E-state index in [1.165, 1.54) is 7.05 Å². The molecule has 174 valence electrons. The number of amides is 1. The van der Waals surface area contributed by atoms with Crippen LogP contribution in [0.15, 0.2) is 66.7 Å². The minimum absolute atomic E-state index is 0.0309. The van der Waals surface area contributed by atoms with Crippen LogP contribution in [0.3, 0.4) is 0 Å². The van der Waals surface area contributed by atoms with Gasteiger partial charge in [-0.3, -0.25) is 4.79 Å². The van der Waals surface area contributed by atoms with E-state index in [1.54, 1.807) is 36.4 Å². The van der Waals surface area contributed by atoms with E-state index in [0.717, 1.165) is 23.8 Å². The van der Waals surface area contributed by atoms with Gasteiger partial charge >= 0.3 is 6.18 Å². The van der Waals surface area contributed by atoms with E-state index in [2.05, 4.69) is 5.32 Å². The Kier molecular flexibility index (Phi) is 7.17. The van der Waals surface area contributed by atoms with Crippen molar-refractivity contribution < 1.29 is 23.1 Å². The third kappa shape index (κ3) is 5.05. The lowest BCUT2D eigenvalue weighted by atomic mass is 9.76. The number of nitrogens with one attached hydrogen (secondary N) is 1. The largest absolute Gasteiger partial charge is 0.416 e. The summed E-state index contributed by atoms with van der Waals surface area (Å²) in [5, 5.41) is 15.1. The molecule has 0 saturated heterocycles. The molecule has 0 aliphatic rings. The highest BCUT2D eigenvalue weighted by Crippen LogP contribution is 2.42. The summed E-state index contributed by atoms with van der Waals surface area (Å²) >= 11 is 6.05. The summed E-state index contributed by atoms with van der Waals surface area (Å²) in [5.41, 5.74) is -1.59. The van der Waals surface area contributed by atoms with E-state index in [1.807, 2.05) is 31.1 Å². The van der Waals surface area contributed by atoms with Gasteiger partial charge in [-0.1, -0.05) is 54.1 Å². The Morgan fingerprint density at radius 1 is 0.970 bits per heavy atom. The fraction of sp³-hybridized carbons (Fsp3) is 0.240. The maximum atomic E-state index is 13.4. The Hall–Kier alpha value is -2.87. The molecular weight excluding hydrogens is 453 g/mol. The van der Waals surface area contributed by atoms with Crippen LogP contribution in [0.4, 0.5) is 13.2 Å². The van der Waals surface area contributed by atoms with Crippen LogP contribution in [-0.2, 0) is 18.3 Å². The molecule has 8 heteroatoms. The second kappa shape index (κ2) is 9.55. The SMILES string of the molecule is CNC(=O)c1cc(C(F)(F)F)ccc1C(O)(c1ccc(Cl)cc1)c1ccccc1CN(C)C. The van der Waals surface area contributed by atoms with Gasteiger partial charge in [-0.2, -0.15) is 13.2 Å². The van der Waals surface area contributed by atoms with E-state index in [-0.39, 0.29) is 11.1 Å². The summed E-state index contributed by atoms with van der Waals surface area (Å²) in [6, 6.07) is 16.3. The Morgan fingerprint density at radius 2 is 1.58 bits per heavy atom. The van der Waals surface area contributed by atoms with Crippen LogP contribution in [0, 0.1) is 0 Å². The van der Waals surface area contributed by atoms with Crippen molar-refractivity contribution in [2.24, 2.45) is 0 Å². The smallest absolute Gasteiger partial charge is 0.376 e. The summed E-state index contributed by atoms with van der Waals surface area (Å²) in [6.45, 7) is 0.460. The highest BCUT2D eigenvalue weighted by Gasteiger charge is 2.40. The highest BCUT2D eigenvalue weighted by molar-refractivity contribution is 6.30. The zero-order valence-electron chi connectivity index (χ0n) is 18.4. The van der Waals surface area contributed by atoms with Crippen molar-refractivity contribution in [2.45, 2.75) is 18.3 Å². The molecule has 2 N–H and O–H groups in total. The number of aliphatic hydroxyl groups is 1. The van der Waals surface area contributed by atoms with Gasteiger partial charge in [0.25, 0.3) is 5.91 Å². The third-order valence-corrected chi connectivity index (χ3v) is 5.62. The Bertz CT molecular complexity index is 1150. The van der Waals surface area contributed by atoms with Crippen LogP contribution in [0.1, 0.15) is 38.2 Å². The Balaban J connectivity index is 2.40. The number of hydrogen-bond donors (Lipinski definition) is 2. The lowest BCUT2D eigenvalue weighted by molar-refractivity contribution is -0.137. The average molecular weight is 477 g/mol. The maximum Gasteiger partial charge on any atom is 0.416 e. The van der Waals surface area contributed by atoms with E-state index < -0.39 is 23.2 Å². The standard InChI is InChI=1S/C25H24ClF3N2O2/c1-30-23(32)20-14-18(25(27,28)29)10-13-22(20)24(33,17-8-11-19(26)12-9-17)21-7-5-4-6-16(21)15-31(2)3/h4-14,33H,15H2,1-3H3,(H,30,32). The fourth-order valence-electron chi connectivity index (χ4n) is 3.86. The molecule has 0 aliphatic heterocycles. The summed E-state index contributed by atoms with van der Waals surface area (Å²) in [6.07, 6.45) is -4.65. The molecule has 3 aromatic carbocycles. The number of carbonyl (C=O) groups excluding carboxylic acids is 1. The molecule has 0 radical (unpaired) electrons. The number of carbonyl (C=O) groups is 1. The molecule has 0 fully saturated rings. The second-order valence-corrected chi connectivity index (χ2v) is 8.39. The van der Waals surface area contributed by atoms with Crippen molar-refractivity contribution in [1.82, 2.24) is 10.2 Å². The third-order valence-electron chi connectivity index (χ3n) is 5.36. The first kappa shape index (κ1) is 24.8. The summed E-state index contributed by atoms with van der Waals surface area (Å²) in [5.74, 6) is -0.742. The minimum atomic E-state index is -4.65. The summed E-state index contributed by atoms with van der Waals surface area (Å²) in [4.78, 5) is 14.6. The van der Waals surface area contributed by atoms with Gasteiger partial charge in [0.05, 0.1) is 5.56 Å². The van der Waals surface area contributed by atoms with Gasteiger partial charge in [0.2, 0.25) is 0 Å². The molecular formula is C25H24ClF3N2O2. The number of benzene rings is 3. The van der Waals surface area contributed by atoms with E-state index >= 15 is 0 Å². The lowest BCUT2D eigenvalue weighted by Gasteiger charge is -2.34. The van der Waals surface area contributed by atoms with Crippen molar-refractivity contribution >= 4 is 17.5 Å². The zero-order valence-corrected chi connectivity index (χ0v) is 19.1. The molecule has 1 unspecified atom stereocenters. The molecule has 1 atom stereocenters. The van der Waals surface area contributed by atoms with Gasteiger partial charge < -0.3 is 15.3 Å². The molecule has 0 saturated carbocycles. The first-order valence-electron chi connectivity index (χ1n) is 10.1. The number of nitrogens with zero attached hydrogens (tertiary/aromatic N) is 1. The molecule has 0 bridgehead atoms. The van der Waals surface area contributed by atoms with E-state index in [9.17, 15) is 23.1 Å². The van der Waals surface area contributed by atoms with Gasteiger partial charge in [-0.05, 0) is 55.1 Å². The van der Waals surface area contributed by atoms with Crippen molar-refractivity contribution in [3.63, 3.8) is 0 Å². The molecule has 3 rings (SSSR count). The van der Waals surface area contributed by atoms with Crippen LogP contribution >= 0.6 is 11.6 Å². The van der Waals surface area contributed by atoms with Crippen LogP contribution < -0.4 is 5.32 Å². The lowest BCUT2D eigenvalue weighted by Crippen LogP contribution is -2.34. The molecule has 33 heavy (non-hydrogen) atoms. The first-order chi connectivity index (χ1) is 15.5. The normalized spacial score (nSPS) is 13.6. The molecule has 0 aromatic heterocycles. The number of alkyl halides is 3. The molecule has 0 spiro atoms. The quantitative estimate of drug-likeness (QED) is 0.489. The first-order valence-corrected chi connectivity index (χ1v) is 10.5. The Labute approximate surface area is 195 Å². The number of rotatable bonds is 6. The monoisotopic (exact) mass is 476 g/mol. The summed E-state index contributed by atoms with van der Waals surface area (Å²) in [7, 11) is 5.06. The molecule has 4 nitrogen and oxygen atoms in total. The minimum Gasteiger partial charge on any atom is -0.376 e. The second-order valence-electron chi connectivity index (χ2n) is 7.95. The molecule has 3 aromatic rings. The van der Waals surface area contributed by atoms with Crippen molar-refractivity contribution in [3.8, 4) is 0 Å². The van der Waals surface area contributed by atoms with Gasteiger partial charge in [-0.15, -0.1) is 0 Å². The predicted molar refractivity (Wildman–Crippen MR) is 122 cm³/mol. The van der Waals surface area contributed by atoms with Gasteiger partial charge in [0, 0.05) is 29.7 Å². The summed E-state index contributed by atoms with van der Waals surface area (Å²) < 4.78 is 40.3. The van der Waals surface area contributed by atoms with Crippen molar-refractivity contribution in [2.75, 3.05) is 21.1 Å². The number of halogens is 4. The van der Waals surface area contributed by atoms with E-state index in [0.29, 0.717) is 22.7 Å². The topological polar surface area (TPSA) is 52.6 Å². The van der Waals surface area contributed by atoms with Crippen molar-refractivity contribution in [1.29, 1.82) is 0 Å². The van der Waals surface area contributed by atoms with Gasteiger partial charge in [0.15, 0.2) is 0 Å². The molecule has 0 aliphatic carbocycles. The number of hydrogen-bond acceptors (Lipinski definition) is 3. The van der Waals surface area contributed by atoms with Crippen LogP contribution in [-0.4, -0.2) is 37.1 Å². The van der Waals surface area contributed by atoms with Crippen LogP contribution in [0.5, 0.6) is 0 Å². The van der Waals surface area contributed by atoms with Crippen LogP contribution in [0.2, 0.25) is 5.02 Å². The van der Waals surface area contributed by atoms with Gasteiger partial charge in [0.1, 0.15) is 5.60 Å². The zero-order chi connectivity index (χ0) is 24.4.